The van der Waals surface area contributed by atoms with E-state index >= 15 is 0 Å². The van der Waals surface area contributed by atoms with Crippen molar-refractivity contribution in [2.24, 2.45) is 13.0 Å². The molecule has 27 heavy (non-hydrogen) atoms. The Balaban J connectivity index is 1.66. The minimum atomic E-state index is -0.366. The number of nitrogens with zero attached hydrogens (tertiary/aromatic N) is 3. The van der Waals surface area contributed by atoms with Crippen molar-refractivity contribution in [3.05, 3.63) is 23.9 Å². The number of hydrogen-bond donors (Lipinski definition) is 2. The molecule has 4 rings (SSSR count). The van der Waals surface area contributed by atoms with E-state index in [0.717, 1.165) is 41.9 Å². The summed E-state index contributed by atoms with van der Waals surface area (Å²) in [5.41, 5.74) is 2.95. The molecule has 2 fully saturated rings. The molecule has 1 unspecified atom stereocenters. The van der Waals surface area contributed by atoms with E-state index in [4.69, 9.17) is 0 Å². The predicted octanol–water partition coefficient (Wildman–Crippen LogP) is 1.53. The van der Waals surface area contributed by atoms with Gasteiger partial charge < -0.3 is 10.2 Å². The number of amides is 2. The van der Waals surface area contributed by atoms with E-state index in [-0.39, 0.29) is 17.7 Å². The number of benzene rings is 1. The fourth-order valence-electron chi connectivity index (χ4n) is 4.43. The van der Waals surface area contributed by atoms with Crippen LogP contribution in [-0.2, 0) is 16.6 Å². The first-order valence-corrected chi connectivity index (χ1v) is 9.75. The van der Waals surface area contributed by atoms with Crippen molar-refractivity contribution in [3.63, 3.8) is 0 Å². The normalized spacial score (nSPS) is 23.5. The van der Waals surface area contributed by atoms with Crippen LogP contribution in [0.25, 0.3) is 10.9 Å². The summed E-state index contributed by atoms with van der Waals surface area (Å²) in [6.45, 7) is 3.17. The van der Waals surface area contributed by atoms with Gasteiger partial charge in [-0.1, -0.05) is 12.1 Å². The molecule has 0 spiro atoms. The average molecular weight is 369 g/mol. The number of carbonyl (C=O) groups excluding carboxylic acids is 2. The smallest absolute Gasteiger partial charge is 0.235 e. The zero-order chi connectivity index (χ0) is 19.0. The number of hydrogen-bond acceptors (Lipinski definition) is 5. The molecule has 0 saturated carbocycles. The van der Waals surface area contributed by atoms with Gasteiger partial charge in [-0.05, 0) is 44.3 Å². The minimum absolute atomic E-state index is 0.196. The third kappa shape index (κ3) is 3.43. The van der Waals surface area contributed by atoms with Gasteiger partial charge in [0.05, 0.1) is 22.8 Å². The maximum atomic E-state index is 12.3. The zero-order valence-corrected chi connectivity index (χ0v) is 16.0. The number of carbonyl (C=O) groups is 2. The molecule has 2 amide bonds. The summed E-state index contributed by atoms with van der Waals surface area (Å²) < 4.78 is 1.87. The van der Waals surface area contributed by atoms with Crippen LogP contribution >= 0.6 is 0 Å². The molecule has 1 aromatic heterocycles. The number of aryl methyl sites for hydroxylation is 1. The van der Waals surface area contributed by atoms with E-state index in [0.29, 0.717) is 18.8 Å². The Bertz CT molecular complexity index is 869. The fourth-order valence-corrected chi connectivity index (χ4v) is 4.43. The van der Waals surface area contributed by atoms with Crippen LogP contribution in [-0.4, -0.2) is 48.3 Å². The summed E-state index contributed by atoms with van der Waals surface area (Å²) in [6, 6.07) is 6.18. The van der Waals surface area contributed by atoms with Gasteiger partial charge in [0, 0.05) is 32.4 Å². The van der Waals surface area contributed by atoms with Crippen molar-refractivity contribution >= 4 is 28.4 Å². The van der Waals surface area contributed by atoms with Crippen molar-refractivity contribution < 1.29 is 9.59 Å². The lowest BCUT2D eigenvalue weighted by molar-refractivity contribution is -0.134. The zero-order valence-electron chi connectivity index (χ0n) is 16.0. The van der Waals surface area contributed by atoms with E-state index in [1.165, 1.54) is 12.8 Å². The molecule has 2 saturated heterocycles. The van der Waals surface area contributed by atoms with Gasteiger partial charge in [-0.3, -0.25) is 19.6 Å². The van der Waals surface area contributed by atoms with Gasteiger partial charge in [-0.25, -0.2) is 0 Å². The standard InChI is InChI=1S/C20H27N5O2/c1-24(12-13-5-4-10-21-11-13)16-7-3-6-14-18(23-25(2)19(14)16)15-8-9-17(26)22-20(15)27/h3,6-7,13,15,21H,4-5,8-12H2,1-2H3,(H,22,26,27)/t13-,15?/m0/s1. The summed E-state index contributed by atoms with van der Waals surface area (Å²) in [4.78, 5) is 26.1. The largest absolute Gasteiger partial charge is 0.373 e. The molecule has 7 heteroatoms. The molecule has 2 aliphatic rings. The van der Waals surface area contributed by atoms with Crippen LogP contribution in [0, 0.1) is 5.92 Å². The van der Waals surface area contributed by atoms with Crippen LogP contribution in [0.1, 0.15) is 37.3 Å². The highest BCUT2D eigenvalue weighted by Crippen LogP contribution is 2.34. The van der Waals surface area contributed by atoms with Crippen molar-refractivity contribution in [2.45, 2.75) is 31.6 Å². The Morgan fingerprint density at radius 3 is 2.89 bits per heavy atom. The van der Waals surface area contributed by atoms with Crippen molar-refractivity contribution in [1.82, 2.24) is 20.4 Å². The first-order valence-electron chi connectivity index (χ1n) is 9.75. The average Bonchev–Trinajstić information content (AvgIpc) is 2.99. The van der Waals surface area contributed by atoms with Crippen LogP contribution in [0.5, 0.6) is 0 Å². The SMILES string of the molecule is CN(C[C@H]1CCCNC1)c1cccc2c(C3CCC(=O)NC3=O)nn(C)c12. The van der Waals surface area contributed by atoms with Crippen molar-refractivity contribution in [2.75, 3.05) is 31.6 Å². The van der Waals surface area contributed by atoms with Crippen LogP contribution in [0.2, 0.25) is 0 Å². The Hall–Kier alpha value is -2.41. The molecule has 2 N–H and O–H groups in total. The summed E-state index contributed by atoms with van der Waals surface area (Å²) in [6.07, 6.45) is 3.36. The lowest BCUT2D eigenvalue weighted by Gasteiger charge is -2.29. The van der Waals surface area contributed by atoms with Gasteiger partial charge in [0.1, 0.15) is 0 Å². The third-order valence-corrected chi connectivity index (χ3v) is 5.78. The topological polar surface area (TPSA) is 79.3 Å². The summed E-state index contributed by atoms with van der Waals surface area (Å²) in [5, 5.41) is 11.6. The maximum Gasteiger partial charge on any atom is 0.235 e. The van der Waals surface area contributed by atoms with Crippen LogP contribution in [0.15, 0.2) is 18.2 Å². The second-order valence-corrected chi connectivity index (χ2v) is 7.78. The van der Waals surface area contributed by atoms with E-state index in [1.807, 2.05) is 23.9 Å². The number of fused-ring (bicyclic) bond motifs is 1. The fraction of sp³-hybridized carbons (Fsp3) is 0.550. The lowest BCUT2D eigenvalue weighted by atomic mass is 9.92. The van der Waals surface area contributed by atoms with Gasteiger partial charge in [-0.2, -0.15) is 5.10 Å². The highest BCUT2D eigenvalue weighted by Gasteiger charge is 2.32. The monoisotopic (exact) mass is 369 g/mol. The lowest BCUT2D eigenvalue weighted by Crippen LogP contribution is -2.39. The second-order valence-electron chi connectivity index (χ2n) is 7.78. The molecule has 2 aromatic rings. The highest BCUT2D eigenvalue weighted by atomic mass is 16.2. The molecule has 0 bridgehead atoms. The second kappa shape index (κ2) is 7.31. The number of aromatic nitrogens is 2. The first kappa shape index (κ1) is 18.0. The molecule has 3 heterocycles. The van der Waals surface area contributed by atoms with E-state index in [2.05, 4.69) is 33.7 Å². The molecule has 2 atom stereocenters. The van der Waals surface area contributed by atoms with Crippen molar-refractivity contribution in [1.29, 1.82) is 0 Å². The third-order valence-electron chi connectivity index (χ3n) is 5.78. The summed E-state index contributed by atoms with van der Waals surface area (Å²) in [7, 11) is 4.05. The van der Waals surface area contributed by atoms with Crippen LogP contribution in [0.4, 0.5) is 5.69 Å². The Morgan fingerprint density at radius 1 is 1.30 bits per heavy atom. The molecule has 1 aromatic carbocycles. The number of piperidine rings is 2. The Morgan fingerprint density at radius 2 is 2.15 bits per heavy atom. The van der Waals surface area contributed by atoms with Gasteiger partial charge >= 0.3 is 0 Å². The number of imide groups is 1. The molecule has 2 aliphatic heterocycles. The van der Waals surface area contributed by atoms with Gasteiger partial charge in [0.25, 0.3) is 0 Å². The quantitative estimate of drug-likeness (QED) is 0.799. The van der Waals surface area contributed by atoms with Crippen molar-refractivity contribution in [3.8, 4) is 0 Å². The number of anilines is 1. The predicted molar refractivity (Wildman–Crippen MR) is 105 cm³/mol. The van der Waals surface area contributed by atoms with Crippen LogP contribution < -0.4 is 15.5 Å². The first-order chi connectivity index (χ1) is 13.0. The van der Waals surface area contributed by atoms with E-state index < -0.39 is 0 Å². The number of nitrogens with one attached hydrogen (secondary N) is 2. The summed E-state index contributed by atoms with van der Waals surface area (Å²) >= 11 is 0. The molecule has 144 valence electrons. The van der Waals surface area contributed by atoms with Gasteiger partial charge in [-0.15, -0.1) is 0 Å². The number of para-hydroxylation sites is 1. The molecular weight excluding hydrogens is 342 g/mol. The molecular formula is C20H27N5O2. The highest BCUT2D eigenvalue weighted by molar-refractivity contribution is 6.03. The Labute approximate surface area is 159 Å². The molecule has 7 nitrogen and oxygen atoms in total. The molecule has 0 radical (unpaired) electrons. The van der Waals surface area contributed by atoms with Crippen LogP contribution in [0.3, 0.4) is 0 Å². The maximum absolute atomic E-state index is 12.3. The van der Waals surface area contributed by atoms with E-state index in [1.54, 1.807) is 0 Å². The van der Waals surface area contributed by atoms with E-state index in [9.17, 15) is 9.59 Å². The minimum Gasteiger partial charge on any atom is -0.373 e. The van der Waals surface area contributed by atoms with Gasteiger partial charge in [0.2, 0.25) is 11.8 Å². The van der Waals surface area contributed by atoms with Gasteiger partial charge in [0.15, 0.2) is 0 Å². The molecule has 0 aliphatic carbocycles. The Kier molecular flexibility index (Phi) is 4.86. The number of rotatable bonds is 4. The summed E-state index contributed by atoms with van der Waals surface area (Å²) in [5.74, 6) is -0.160.